The molecule has 0 amide bonds. The normalized spacial score (nSPS) is 10.8. The molecule has 0 radical (unpaired) electrons. The lowest BCUT2D eigenvalue weighted by Gasteiger charge is -2.04. The third-order valence-corrected chi connectivity index (χ3v) is 3.62. The number of ketones is 1. The Balaban J connectivity index is 1.61. The Labute approximate surface area is 136 Å². The third-order valence-electron chi connectivity index (χ3n) is 3.62. The highest BCUT2D eigenvalue weighted by Crippen LogP contribution is 2.18. The van der Waals surface area contributed by atoms with Crippen molar-refractivity contribution in [1.82, 2.24) is 4.98 Å². The van der Waals surface area contributed by atoms with E-state index in [0.29, 0.717) is 0 Å². The fourth-order valence-corrected chi connectivity index (χ4v) is 2.38. The van der Waals surface area contributed by atoms with Crippen LogP contribution in [0.5, 0.6) is 0 Å². The van der Waals surface area contributed by atoms with E-state index in [1.807, 2.05) is 24.3 Å². The second kappa shape index (κ2) is 6.62. The predicted molar refractivity (Wildman–Crippen MR) is 83.7 cm³/mol. The number of fused-ring (bicyclic) bond motifs is 1. The summed E-state index contributed by atoms with van der Waals surface area (Å²) >= 11 is 0. The molecule has 6 heteroatoms. The highest BCUT2D eigenvalue weighted by molar-refractivity contribution is 5.98. The summed E-state index contributed by atoms with van der Waals surface area (Å²) in [4.78, 5) is 26.8. The second-order valence-corrected chi connectivity index (χ2v) is 5.25. The first-order valence-corrected chi connectivity index (χ1v) is 7.23. The Kier molecular flexibility index (Phi) is 4.37. The Morgan fingerprint density at radius 2 is 1.83 bits per heavy atom. The number of rotatable bonds is 5. The molecule has 0 saturated heterocycles. The van der Waals surface area contributed by atoms with Crippen LogP contribution in [-0.4, -0.2) is 23.3 Å². The van der Waals surface area contributed by atoms with Gasteiger partial charge < -0.3 is 9.72 Å². The van der Waals surface area contributed by atoms with Gasteiger partial charge in [0.1, 0.15) is 0 Å². The molecule has 122 valence electrons. The van der Waals surface area contributed by atoms with Crippen LogP contribution in [0.3, 0.4) is 0 Å². The molecule has 0 aliphatic rings. The summed E-state index contributed by atoms with van der Waals surface area (Å²) in [7, 11) is 0. The molecule has 0 saturated carbocycles. The highest BCUT2D eigenvalue weighted by atomic mass is 19.2. The minimum atomic E-state index is -1.12. The summed E-state index contributed by atoms with van der Waals surface area (Å²) in [5.74, 6) is -3.33. The number of aromatic amines is 1. The van der Waals surface area contributed by atoms with E-state index in [-0.39, 0.29) is 12.0 Å². The van der Waals surface area contributed by atoms with Gasteiger partial charge in [0.05, 0.1) is 6.42 Å². The molecule has 3 aromatic rings. The van der Waals surface area contributed by atoms with Crippen LogP contribution in [-0.2, 0) is 16.0 Å². The number of benzene rings is 2. The van der Waals surface area contributed by atoms with E-state index < -0.39 is 30.0 Å². The number of aromatic nitrogens is 1. The number of para-hydroxylation sites is 1. The monoisotopic (exact) mass is 329 g/mol. The lowest BCUT2D eigenvalue weighted by atomic mass is 10.1. The van der Waals surface area contributed by atoms with Gasteiger partial charge in [0.25, 0.3) is 0 Å². The molecule has 0 unspecified atom stereocenters. The lowest BCUT2D eigenvalue weighted by Crippen LogP contribution is -2.15. The predicted octanol–water partition coefficient (Wildman–Crippen LogP) is 3.41. The van der Waals surface area contributed by atoms with Crippen molar-refractivity contribution >= 4 is 22.7 Å². The summed E-state index contributed by atoms with van der Waals surface area (Å²) in [6, 6.07) is 10.3. The molecule has 0 aliphatic heterocycles. The Hall–Kier alpha value is -3.02. The highest BCUT2D eigenvalue weighted by Gasteiger charge is 2.14. The van der Waals surface area contributed by atoms with E-state index in [4.69, 9.17) is 4.74 Å². The Morgan fingerprint density at radius 3 is 2.62 bits per heavy atom. The standard InChI is InChI=1S/C18H13F2NO3/c19-14-6-5-11(7-15(14)20)17(22)10-24-18(23)8-12-9-21-16-4-2-1-3-13(12)16/h1-7,9,21H,8,10H2. The quantitative estimate of drug-likeness (QED) is 0.576. The Bertz CT molecular complexity index is 918. The smallest absolute Gasteiger partial charge is 0.310 e. The van der Waals surface area contributed by atoms with Gasteiger partial charge in [-0.2, -0.15) is 0 Å². The van der Waals surface area contributed by atoms with Crippen molar-refractivity contribution in [3.8, 4) is 0 Å². The van der Waals surface area contributed by atoms with Crippen molar-refractivity contribution in [2.75, 3.05) is 6.61 Å². The zero-order valence-corrected chi connectivity index (χ0v) is 12.5. The zero-order chi connectivity index (χ0) is 17.1. The first kappa shape index (κ1) is 15.9. The van der Waals surface area contributed by atoms with Crippen LogP contribution in [0, 0.1) is 11.6 Å². The summed E-state index contributed by atoms with van der Waals surface area (Å²) in [6.07, 6.45) is 1.72. The van der Waals surface area contributed by atoms with Crippen molar-refractivity contribution in [3.05, 3.63) is 71.4 Å². The van der Waals surface area contributed by atoms with Crippen molar-refractivity contribution in [2.24, 2.45) is 0 Å². The number of esters is 1. The van der Waals surface area contributed by atoms with Gasteiger partial charge in [0, 0.05) is 22.7 Å². The van der Waals surface area contributed by atoms with E-state index in [2.05, 4.69) is 4.98 Å². The molecule has 0 atom stereocenters. The van der Waals surface area contributed by atoms with Gasteiger partial charge in [-0.25, -0.2) is 8.78 Å². The number of carbonyl (C=O) groups excluding carboxylic acids is 2. The molecule has 1 heterocycles. The van der Waals surface area contributed by atoms with Crippen LogP contribution < -0.4 is 0 Å². The van der Waals surface area contributed by atoms with Crippen LogP contribution in [0.4, 0.5) is 8.78 Å². The van der Waals surface area contributed by atoms with Crippen molar-refractivity contribution < 1.29 is 23.1 Å². The van der Waals surface area contributed by atoms with Gasteiger partial charge in [0.15, 0.2) is 24.0 Å². The van der Waals surface area contributed by atoms with E-state index in [9.17, 15) is 18.4 Å². The van der Waals surface area contributed by atoms with Gasteiger partial charge in [-0.05, 0) is 29.8 Å². The SMILES string of the molecule is O=C(Cc1c[nH]c2ccccc12)OCC(=O)c1ccc(F)c(F)c1. The first-order valence-electron chi connectivity index (χ1n) is 7.23. The third kappa shape index (κ3) is 3.32. The number of nitrogens with one attached hydrogen (secondary N) is 1. The second-order valence-electron chi connectivity index (χ2n) is 5.25. The number of carbonyl (C=O) groups is 2. The molecule has 0 spiro atoms. The molecular weight excluding hydrogens is 316 g/mol. The molecule has 1 N–H and O–H groups in total. The van der Waals surface area contributed by atoms with E-state index in [1.54, 1.807) is 6.20 Å². The van der Waals surface area contributed by atoms with Crippen molar-refractivity contribution in [1.29, 1.82) is 0 Å². The van der Waals surface area contributed by atoms with Crippen LogP contribution in [0.25, 0.3) is 10.9 Å². The van der Waals surface area contributed by atoms with Gasteiger partial charge in [-0.1, -0.05) is 18.2 Å². The van der Waals surface area contributed by atoms with Crippen LogP contribution in [0.2, 0.25) is 0 Å². The summed E-state index contributed by atoms with van der Waals surface area (Å²) in [5.41, 5.74) is 1.61. The number of ether oxygens (including phenoxy) is 1. The molecule has 2 aromatic carbocycles. The lowest BCUT2D eigenvalue weighted by molar-refractivity contribution is -0.141. The number of hydrogen-bond donors (Lipinski definition) is 1. The maximum atomic E-state index is 13.1. The topological polar surface area (TPSA) is 59.2 Å². The van der Waals surface area contributed by atoms with Crippen molar-refractivity contribution in [3.63, 3.8) is 0 Å². The largest absolute Gasteiger partial charge is 0.457 e. The minimum Gasteiger partial charge on any atom is -0.457 e. The molecule has 1 aromatic heterocycles. The van der Waals surface area contributed by atoms with E-state index in [1.165, 1.54) is 0 Å². The maximum Gasteiger partial charge on any atom is 0.310 e. The molecule has 0 bridgehead atoms. The van der Waals surface area contributed by atoms with Crippen LogP contribution in [0.15, 0.2) is 48.7 Å². The zero-order valence-electron chi connectivity index (χ0n) is 12.5. The average molecular weight is 329 g/mol. The maximum absolute atomic E-state index is 13.1. The molecule has 0 fully saturated rings. The fourth-order valence-electron chi connectivity index (χ4n) is 2.38. The molecule has 24 heavy (non-hydrogen) atoms. The van der Waals surface area contributed by atoms with Gasteiger partial charge in [-0.3, -0.25) is 9.59 Å². The fraction of sp³-hybridized carbons (Fsp3) is 0.111. The summed E-state index contributed by atoms with van der Waals surface area (Å²) < 4.78 is 30.9. The number of halogens is 2. The average Bonchev–Trinajstić information content (AvgIpc) is 2.98. The number of hydrogen-bond acceptors (Lipinski definition) is 3. The van der Waals surface area contributed by atoms with Gasteiger partial charge in [0.2, 0.25) is 0 Å². The van der Waals surface area contributed by atoms with Crippen LogP contribution >= 0.6 is 0 Å². The number of Topliss-reactive ketones (excluding diaryl/α,β-unsaturated/α-hetero) is 1. The summed E-state index contributed by atoms with van der Waals surface area (Å²) in [6.45, 7) is -0.522. The van der Waals surface area contributed by atoms with E-state index >= 15 is 0 Å². The number of H-pyrrole nitrogens is 1. The van der Waals surface area contributed by atoms with Gasteiger partial charge in [-0.15, -0.1) is 0 Å². The molecule has 3 rings (SSSR count). The van der Waals surface area contributed by atoms with E-state index in [0.717, 1.165) is 34.7 Å². The van der Waals surface area contributed by atoms with Gasteiger partial charge >= 0.3 is 5.97 Å². The summed E-state index contributed by atoms with van der Waals surface area (Å²) in [5, 5.41) is 0.904. The van der Waals surface area contributed by atoms with Crippen LogP contribution in [0.1, 0.15) is 15.9 Å². The minimum absolute atomic E-state index is 0.00900. The molecule has 4 nitrogen and oxygen atoms in total. The van der Waals surface area contributed by atoms with Crippen molar-refractivity contribution in [2.45, 2.75) is 6.42 Å². The molecule has 0 aliphatic carbocycles. The molecular formula is C18H13F2NO3. The first-order chi connectivity index (χ1) is 11.5. The Morgan fingerprint density at radius 1 is 1.04 bits per heavy atom.